The average molecular weight is 377 g/mol. The van der Waals surface area contributed by atoms with Gasteiger partial charge in [-0.05, 0) is 42.3 Å². The summed E-state index contributed by atoms with van der Waals surface area (Å²) in [5, 5.41) is 5.07. The molecule has 1 amide bonds. The van der Waals surface area contributed by atoms with E-state index in [1.54, 1.807) is 19.1 Å². The van der Waals surface area contributed by atoms with E-state index in [0.29, 0.717) is 5.75 Å². The maximum absolute atomic E-state index is 12.2. The molecule has 0 unspecified atom stereocenters. The Kier molecular flexibility index (Phi) is 6.27. The first-order valence-electron chi connectivity index (χ1n) is 9.20. The number of carbonyl (C=O) groups excluding carboxylic acids is 2. The van der Waals surface area contributed by atoms with Gasteiger partial charge in [0.2, 0.25) is 0 Å². The number of carbonyl (C=O) groups is 2. The van der Waals surface area contributed by atoms with Crippen molar-refractivity contribution in [3.8, 4) is 5.75 Å². The highest BCUT2D eigenvalue weighted by Gasteiger charge is 2.19. The van der Waals surface area contributed by atoms with Crippen LogP contribution in [0.5, 0.6) is 5.75 Å². The van der Waals surface area contributed by atoms with Crippen LogP contribution in [0, 0.1) is 0 Å². The van der Waals surface area contributed by atoms with Gasteiger partial charge in [0.1, 0.15) is 5.75 Å². The summed E-state index contributed by atoms with van der Waals surface area (Å²) >= 11 is 0. The summed E-state index contributed by atoms with van der Waals surface area (Å²) in [6.45, 7) is 3.14. The second kappa shape index (κ2) is 9.04. The molecule has 0 saturated carbocycles. The molecule has 5 heteroatoms. The van der Waals surface area contributed by atoms with Gasteiger partial charge in [-0.1, -0.05) is 60.7 Å². The molecule has 0 radical (unpaired) electrons. The Morgan fingerprint density at radius 2 is 1.57 bits per heavy atom. The highest BCUT2D eigenvalue weighted by molar-refractivity contribution is 5.87. The van der Waals surface area contributed by atoms with Crippen LogP contribution >= 0.6 is 0 Å². The Hall–Kier alpha value is -3.34. The number of para-hydroxylation sites is 1. The topological polar surface area (TPSA) is 64.6 Å². The largest absolute Gasteiger partial charge is 0.479 e. The van der Waals surface area contributed by atoms with Crippen molar-refractivity contribution in [2.45, 2.75) is 26.0 Å². The minimum atomic E-state index is -0.800. The van der Waals surface area contributed by atoms with E-state index in [9.17, 15) is 9.59 Å². The number of fused-ring (bicyclic) bond motifs is 1. The van der Waals surface area contributed by atoms with Crippen LogP contribution in [0.1, 0.15) is 25.5 Å². The molecule has 0 fully saturated rings. The molecule has 0 aliphatic rings. The fraction of sp³-hybridized carbons (Fsp3) is 0.217. The van der Waals surface area contributed by atoms with Crippen molar-refractivity contribution in [3.05, 3.63) is 78.4 Å². The van der Waals surface area contributed by atoms with E-state index in [4.69, 9.17) is 9.47 Å². The molecule has 0 aromatic heterocycles. The number of rotatable bonds is 7. The van der Waals surface area contributed by atoms with Crippen LogP contribution in [0.4, 0.5) is 0 Å². The first kappa shape index (κ1) is 19.4. The summed E-state index contributed by atoms with van der Waals surface area (Å²) < 4.78 is 10.6. The monoisotopic (exact) mass is 377 g/mol. The Labute approximate surface area is 164 Å². The van der Waals surface area contributed by atoms with Crippen LogP contribution in [0.3, 0.4) is 0 Å². The zero-order valence-corrected chi connectivity index (χ0v) is 15.9. The number of benzene rings is 3. The smallest absolute Gasteiger partial charge is 0.347 e. The van der Waals surface area contributed by atoms with Gasteiger partial charge in [-0.25, -0.2) is 4.79 Å². The Morgan fingerprint density at radius 1 is 0.893 bits per heavy atom. The molecular weight excluding hydrogens is 354 g/mol. The first-order valence-corrected chi connectivity index (χ1v) is 9.20. The molecule has 2 atom stereocenters. The predicted octanol–water partition coefficient (Wildman–Crippen LogP) is 4.03. The third-order valence-corrected chi connectivity index (χ3v) is 4.40. The predicted molar refractivity (Wildman–Crippen MR) is 108 cm³/mol. The van der Waals surface area contributed by atoms with E-state index >= 15 is 0 Å². The van der Waals surface area contributed by atoms with Gasteiger partial charge in [-0.3, -0.25) is 4.79 Å². The Balaban J connectivity index is 1.53. The number of esters is 1. The maximum atomic E-state index is 12.2. The summed E-state index contributed by atoms with van der Waals surface area (Å²) in [4.78, 5) is 24.3. The summed E-state index contributed by atoms with van der Waals surface area (Å²) in [6, 6.07) is 22.8. The maximum Gasteiger partial charge on any atom is 0.347 e. The minimum Gasteiger partial charge on any atom is -0.479 e. The first-order chi connectivity index (χ1) is 13.5. The van der Waals surface area contributed by atoms with Crippen LogP contribution in [0.2, 0.25) is 0 Å². The lowest BCUT2D eigenvalue weighted by atomic mass is 10.00. The van der Waals surface area contributed by atoms with Crippen molar-refractivity contribution < 1.29 is 19.1 Å². The third kappa shape index (κ3) is 4.88. The second-order valence-corrected chi connectivity index (χ2v) is 6.54. The van der Waals surface area contributed by atoms with Gasteiger partial charge in [-0.15, -0.1) is 0 Å². The molecule has 0 spiro atoms. The number of nitrogens with one attached hydrogen (secondary N) is 1. The molecule has 1 N–H and O–H groups in total. The van der Waals surface area contributed by atoms with Crippen LogP contribution in [0.25, 0.3) is 10.8 Å². The molecule has 0 aliphatic heterocycles. The molecule has 0 aliphatic carbocycles. The van der Waals surface area contributed by atoms with Gasteiger partial charge in [-0.2, -0.15) is 0 Å². The molecule has 3 rings (SSSR count). The van der Waals surface area contributed by atoms with Crippen LogP contribution in [0.15, 0.2) is 72.8 Å². The van der Waals surface area contributed by atoms with Gasteiger partial charge in [0.15, 0.2) is 12.7 Å². The normalized spacial score (nSPS) is 12.8. The van der Waals surface area contributed by atoms with E-state index < -0.39 is 12.1 Å². The van der Waals surface area contributed by atoms with Crippen molar-refractivity contribution in [2.75, 3.05) is 6.61 Å². The highest BCUT2D eigenvalue weighted by atomic mass is 16.6. The lowest BCUT2D eigenvalue weighted by Gasteiger charge is -2.17. The van der Waals surface area contributed by atoms with E-state index in [2.05, 4.69) is 5.32 Å². The van der Waals surface area contributed by atoms with E-state index in [1.807, 2.05) is 67.6 Å². The zero-order chi connectivity index (χ0) is 19.9. The van der Waals surface area contributed by atoms with Crippen molar-refractivity contribution in [1.29, 1.82) is 0 Å². The molecule has 3 aromatic carbocycles. The standard InChI is InChI=1S/C23H23NO4/c1-16(20-14-8-10-18-9-6-7-13-21(18)20)24-22(25)15-27-23(26)17(2)28-19-11-4-3-5-12-19/h3-14,16-17H,15H2,1-2H3,(H,24,25)/t16-,17+/m1/s1. The fourth-order valence-electron chi connectivity index (χ4n) is 2.99. The number of hydrogen-bond acceptors (Lipinski definition) is 4. The van der Waals surface area contributed by atoms with E-state index in [1.165, 1.54) is 0 Å². The average Bonchev–Trinajstić information content (AvgIpc) is 2.72. The molecule has 0 bridgehead atoms. The van der Waals surface area contributed by atoms with Gasteiger partial charge < -0.3 is 14.8 Å². The summed E-state index contributed by atoms with van der Waals surface area (Å²) in [6.07, 6.45) is -0.800. The summed E-state index contributed by atoms with van der Waals surface area (Å²) in [7, 11) is 0. The van der Waals surface area contributed by atoms with Crippen LogP contribution in [-0.4, -0.2) is 24.6 Å². The molecule has 28 heavy (non-hydrogen) atoms. The lowest BCUT2D eigenvalue weighted by molar-refractivity contribution is -0.154. The lowest BCUT2D eigenvalue weighted by Crippen LogP contribution is -2.34. The highest BCUT2D eigenvalue weighted by Crippen LogP contribution is 2.23. The molecule has 144 valence electrons. The van der Waals surface area contributed by atoms with Crippen LogP contribution in [-0.2, 0) is 14.3 Å². The fourth-order valence-corrected chi connectivity index (χ4v) is 2.99. The summed E-state index contributed by atoms with van der Waals surface area (Å²) in [5.41, 5.74) is 1.01. The SMILES string of the molecule is C[C@H](Oc1ccccc1)C(=O)OCC(=O)N[C@H](C)c1cccc2ccccc12. The van der Waals surface area contributed by atoms with Gasteiger partial charge in [0.25, 0.3) is 5.91 Å². The molecular formula is C23H23NO4. The number of hydrogen-bond donors (Lipinski definition) is 1. The van der Waals surface area contributed by atoms with Crippen molar-refractivity contribution >= 4 is 22.6 Å². The van der Waals surface area contributed by atoms with Crippen molar-refractivity contribution in [2.24, 2.45) is 0 Å². The number of amides is 1. The zero-order valence-electron chi connectivity index (χ0n) is 15.9. The van der Waals surface area contributed by atoms with Gasteiger partial charge in [0.05, 0.1) is 6.04 Å². The summed E-state index contributed by atoms with van der Waals surface area (Å²) in [5.74, 6) is -0.376. The minimum absolute atomic E-state index is 0.213. The Bertz CT molecular complexity index is 950. The molecule has 5 nitrogen and oxygen atoms in total. The van der Waals surface area contributed by atoms with Crippen LogP contribution < -0.4 is 10.1 Å². The van der Waals surface area contributed by atoms with E-state index in [0.717, 1.165) is 16.3 Å². The third-order valence-electron chi connectivity index (χ3n) is 4.40. The number of ether oxygens (including phenoxy) is 2. The van der Waals surface area contributed by atoms with Gasteiger partial charge in [0, 0.05) is 0 Å². The molecule has 0 heterocycles. The van der Waals surface area contributed by atoms with Crippen molar-refractivity contribution in [1.82, 2.24) is 5.32 Å². The van der Waals surface area contributed by atoms with Gasteiger partial charge >= 0.3 is 5.97 Å². The quantitative estimate of drug-likeness (QED) is 0.632. The molecule has 0 saturated heterocycles. The Morgan fingerprint density at radius 3 is 2.36 bits per heavy atom. The molecule has 3 aromatic rings. The second-order valence-electron chi connectivity index (χ2n) is 6.54. The van der Waals surface area contributed by atoms with E-state index in [-0.39, 0.29) is 18.6 Å². The van der Waals surface area contributed by atoms with Crippen molar-refractivity contribution in [3.63, 3.8) is 0 Å².